The Kier molecular flexibility index (Phi) is 8.88. The average Bonchev–Trinajstić information content (AvgIpc) is 2.49. The van der Waals surface area contributed by atoms with Crippen LogP contribution in [0.2, 0.25) is 0 Å². The minimum atomic E-state index is -0.591. The molecule has 0 amide bonds. The highest BCUT2D eigenvalue weighted by atomic mass is 16.5. The fraction of sp³-hybridized carbons (Fsp3) is 0.938. The summed E-state index contributed by atoms with van der Waals surface area (Å²) in [6, 6.07) is -0.362. The first-order valence-corrected chi connectivity index (χ1v) is 8.13. The van der Waals surface area contributed by atoms with E-state index in [1.807, 2.05) is 0 Å². The number of nitrogens with one attached hydrogen (secondary N) is 1. The zero-order valence-electron chi connectivity index (χ0n) is 13.6. The van der Waals surface area contributed by atoms with Crippen LogP contribution in [0.3, 0.4) is 0 Å². The number of carbonyl (C=O) groups excluding carboxylic acids is 1. The van der Waals surface area contributed by atoms with Crippen molar-refractivity contribution < 1.29 is 19.4 Å². The minimum absolute atomic E-state index is 0.274. The fourth-order valence-electron chi connectivity index (χ4n) is 2.69. The van der Waals surface area contributed by atoms with Gasteiger partial charge < -0.3 is 19.9 Å². The van der Waals surface area contributed by atoms with E-state index in [0.29, 0.717) is 31.6 Å². The SMILES string of the molecule is COC(=O)C(CC(C)C)NCC(O)COC1CCCCC1. The molecular formula is C16H31NO4. The van der Waals surface area contributed by atoms with Gasteiger partial charge in [0.15, 0.2) is 0 Å². The Hall–Kier alpha value is -0.650. The van der Waals surface area contributed by atoms with E-state index >= 15 is 0 Å². The van der Waals surface area contributed by atoms with E-state index in [9.17, 15) is 9.90 Å². The van der Waals surface area contributed by atoms with Gasteiger partial charge in [-0.3, -0.25) is 4.79 Å². The zero-order valence-corrected chi connectivity index (χ0v) is 13.6. The summed E-state index contributed by atoms with van der Waals surface area (Å²) in [6.45, 7) is 4.78. The number of hydrogen-bond acceptors (Lipinski definition) is 5. The van der Waals surface area contributed by atoms with Gasteiger partial charge in [0, 0.05) is 6.54 Å². The molecule has 0 saturated heterocycles. The molecule has 1 aliphatic rings. The molecule has 0 spiro atoms. The summed E-state index contributed by atoms with van der Waals surface area (Å²) < 4.78 is 10.5. The molecule has 1 fully saturated rings. The van der Waals surface area contributed by atoms with Gasteiger partial charge in [0.25, 0.3) is 0 Å². The summed E-state index contributed by atoms with van der Waals surface area (Å²) in [6.07, 6.45) is 6.32. The Morgan fingerprint density at radius 3 is 2.52 bits per heavy atom. The lowest BCUT2D eigenvalue weighted by Crippen LogP contribution is -2.43. The molecule has 5 heteroatoms. The molecule has 1 rings (SSSR count). The smallest absolute Gasteiger partial charge is 0.322 e. The van der Waals surface area contributed by atoms with Crippen molar-refractivity contribution in [1.82, 2.24) is 5.32 Å². The Morgan fingerprint density at radius 2 is 1.95 bits per heavy atom. The second kappa shape index (κ2) is 10.1. The molecule has 5 nitrogen and oxygen atoms in total. The number of methoxy groups -OCH3 is 1. The lowest BCUT2D eigenvalue weighted by Gasteiger charge is -2.24. The zero-order chi connectivity index (χ0) is 15.7. The summed E-state index contributed by atoms with van der Waals surface area (Å²) in [5.41, 5.74) is 0. The first-order valence-electron chi connectivity index (χ1n) is 8.13. The van der Waals surface area contributed by atoms with E-state index in [0.717, 1.165) is 12.8 Å². The topological polar surface area (TPSA) is 67.8 Å². The highest BCUT2D eigenvalue weighted by molar-refractivity contribution is 5.75. The highest BCUT2D eigenvalue weighted by Crippen LogP contribution is 2.20. The third-order valence-electron chi connectivity index (χ3n) is 3.87. The van der Waals surface area contributed by atoms with E-state index in [2.05, 4.69) is 19.2 Å². The van der Waals surface area contributed by atoms with Crippen LogP contribution in [0, 0.1) is 5.92 Å². The predicted octanol–water partition coefficient (Wildman–Crippen LogP) is 1.87. The van der Waals surface area contributed by atoms with Crippen molar-refractivity contribution in [2.75, 3.05) is 20.3 Å². The molecule has 1 aliphatic carbocycles. The molecule has 0 aromatic rings. The van der Waals surface area contributed by atoms with Gasteiger partial charge in [-0.2, -0.15) is 0 Å². The van der Waals surface area contributed by atoms with Gasteiger partial charge in [-0.25, -0.2) is 0 Å². The van der Waals surface area contributed by atoms with E-state index in [-0.39, 0.29) is 12.0 Å². The van der Waals surface area contributed by atoms with Crippen LogP contribution in [0.15, 0.2) is 0 Å². The van der Waals surface area contributed by atoms with E-state index in [1.54, 1.807) is 0 Å². The predicted molar refractivity (Wildman–Crippen MR) is 82.1 cm³/mol. The maximum atomic E-state index is 11.7. The first-order chi connectivity index (χ1) is 10.0. The van der Waals surface area contributed by atoms with Crippen LogP contribution in [-0.4, -0.2) is 49.6 Å². The van der Waals surface area contributed by atoms with Crippen molar-refractivity contribution in [3.05, 3.63) is 0 Å². The molecule has 1 saturated carbocycles. The van der Waals surface area contributed by atoms with Crippen LogP contribution in [0.25, 0.3) is 0 Å². The summed E-state index contributed by atoms with van der Waals surface area (Å²) in [5.74, 6) is 0.112. The fourth-order valence-corrected chi connectivity index (χ4v) is 2.69. The molecule has 2 unspecified atom stereocenters. The van der Waals surface area contributed by atoms with E-state index < -0.39 is 6.10 Å². The van der Waals surface area contributed by atoms with Crippen molar-refractivity contribution in [2.45, 2.75) is 70.6 Å². The van der Waals surface area contributed by atoms with Crippen LogP contribution in [0.5, 0.6) is 0 Å². The Balaban J connectivity index is 2.24. The molecule has 124 valence electrons. The third-order valence-corrected chi connectivity index (χ3v) is 3.87. The quantitative estimate of drug-likeness (QED) is 0.636. The van der Waals surface area contributed by atoms with Crippen LogP contribution >= 0.6 is 0 Å². The van der Waals surface area contributed by atoms with Gasteiger partial charge in [0.05, 0.1) is 25.9 Å². The number of carbonyl (C=O) groups is 1. The van der Waals surface area contributed by atoms with Crippen LogP contribution in [0.1, 0.15) is 52.4 Å². The van der Waals surface area contributed by atoms with Gasteiger partial charge in [-0.05, 0) is 25.2 Å². The van der Waals surface area contributed by atoms with Crippen molar-refractivity contribution >= 4 is 5.97 Å². The summed E-state index contributed by atoms with van der Waals surface area (Å²) in [7, 11) is 1.39. The Labute approximate surface area is 128 Å². The molecule has 0 heterocycles. The largest absolute Gasteiger partial charge is 0.468 e. The standard InChI is InChI=1S/C16H31NO4/c1-12(2)9-15(16(19)20-3)17-10-13(18)11-21-14-7-5-4-6-8-14/h12-15,17-18H,4-11H2,1-3H3. The second-order valence-electron chi connectivity index (χ2n) is 6.36. The molecule has 0 radical (unpaired) electrons. The first kappa shape index (κ1) is 18.4. The minimum Gasteiger partial charge on any atom is -0.468 e. The summed E-state index contributed by atoms with van der Waals surface area (Å²) in [4.78, 5) is 11.7. The lowest BCUT2D eigenvalue weighted by molar-refractivity contribution is -0.143. The lowest BCUT2D eigenvalue weighted by atomic mass is 9.98. The number of ether oxygens (including phenoxy) is 2. The van der Waals surface area contributed by atoms with E-state index in [4.69, 9.17) is 9.47 Å². The number of aliphatic hydroxyl groups is 1. The molecular weight excluding hydrogens is 270 g/mol. The summed E-state index contributed by atoms with van der Waals surface area (Å²) in [5, 5.41) is 13.1. The monoisotopic (exact) mass is 301 g/mol. The molecule has 0 aliphatic heterocycles. The van der Waals surface area contributed by atoms with E-state index in [1.165, 1.54) is 26.4 Å². The van der Waals surface area contributed by atoms with Gasteiger partial charge in [0.1, 0.15) is 6.04 Å². The Morgan fingerprint density at radius 1 is 1.29 bits per heavy atom. The van der Waals surface area contributed by atoms with Gasteiger partial charge in [-0.15, -0.1) is 0 Å². The maximum absolute atomic E-state index is 11.7. The van der Waals surface area contributed by atoms with Gasteiger partial charge >= 0.3 is 5.97 Å². The van der Waals surface area contributed by atoms with Crippen LogP contribution in [-0.2, 0) is 14.3 Å². The number of hydrogen-bond donors (Lipinski definition) is 2. The molecule has 0 aromatic heterocycles. The molecule has 0 aromatic carbocycles. The van der Waals surface area contributed by atoms with Crippen molar-refractivity contribution in [3.8, 4) is 0 Å². The maximum Gasteiger partial charge on any atom is 0.322 e. The van der Waals surface area contributed by atoms with Crippen LogP contribution < -0.4 is 5.32 Å². The number of rotatable bonds is 9. The number of aliphatic hydroxyl groups excluding tert-OH is 1. The van der Waals surface area contributed by atoms with Gasteiger partial charge in [-0.1, -0.05) is 33.1 Å². The average molecular weight is 301 g/mol. The molecule has 21 heavy (non-hydrogen) atoms. The second-order valence-corrected chi connectivity index (χ2v) is 6.36. The van der Waals surface area contributed by atoms with Crippen molar-refractivity contribution in [2.24, 2.45) is 5.92 Å². The van der Waals surface area contributed by atoms with Crippen molar-refractivity contribution in [3.63, 3.8) is 0 Å². The molecule has 0 bridgehead atoms. The molecule has 2 atom stereocenters. The van der Waals surface area contributed by atoms with Crippen molar-refractivity contribution in [1.29, 1.82) is 0 Å². The van der Waals surface area contributed by atoms with Crippen LogP contribution in [0.4, 0.5) is 0 Å². The molecule has 2 N–H and O–H groups in total. The number of esters is 1. The summed E-state index contributed by atoms with van der Waals surface area (Å²) >= 11 is 0. The highest BCUT2D eigenvalue weighted by Gasteiger charge is 2.21. The Bertz CT molecular complexity index is 290. The van der Waals surface area contributed by atoms with Gasteiger partial charge in [0.2, 0.25) is 0 Å². The third kappa shape index (κ3) is 7.79. The normalized spacial score (nSPS) is 19.5.